The first-order valence-electron chi connectivity index (χ1n) is 8.21. The molecule has 2 unspecified atom stereocenters. The van der Waals surface area contributed by atoms with Gasteiger partial charge in [0.2, 0.25) is 11.8 Å². The van der Waals surface area contributed by atoms with Gasteiger partial charge in [0.1, 0.15) is 0 Å². The molecule has 0 saturated heterocycles. The lowest BCUT2D eigenvalue weighted by Crippen LogP contribution is -2.19. The molecular formula is C19H16ClF3N2O2. The number of anilines is 2. The summed E-state index contributed by atoms with van der Waals surface area (Å²) in [4.78, 5) is 23.5. The Morgan fingerprint density at radius 2 is 1.81 bits per heavy atom. The van der Waals surface area contributed by atoms with Crippen LogP contribution in [0.2, 0.25) is 5.02 Å². The number of hydrogen-bond acceptors (Lipinski definition) is 2. The van der Waals surface area contributed by atoms with Crippen molar-refractivity contribution in [1.29, 1.82) is 0 Å². The van der Waals surface area contributed by atoms with Crippen LogP contribution in [0, 0.1) is 5.92 Å². The highest BCUT2D eigenvalue weighted by Crippen LogP contribution is 2.50. The zero-order valence-corrected chi connectivity index (χ0v) is 15.0. The van der Waals surface area contributed by atoms with Gasteiger partial charge in [0.25, 0.3) is 0 Å². The third-order valence-corrected chi connectivity index (χ3v) is 4.68. The third kappa shape index (κ3) is 4.42. The Morgan fingerprint density at radius 1 is 1.11 bits per heavy atom. The average Bonchev–Trinajstić information content (AvgIpc) is 3.36. The topological polar surface area (TPSA) is 58.2 Å². The minimum Gasteiger partial charge on any atom is -0.326 e. The smallest absolute Gasteiger partial charge is 0.326 e. The molecule has 8 heteroatoms. The second-order valence-corrected chi connectivity index (χ2v) is 6.81. The van der Waals surface area contributed by atoms with Crippen LogP contribution in [0.3, 0.4) is 0 Å². The van der Waals surface area contributed by atoms with Gasteiger partial charge in [-0.15, -0.1) is 0 Å². The second-order valence-electron chi connectivity index (χ2n) is 6.40. The van der Waals surface area contributed by atoms with Gasteiger partial charge in [-0.3, -0.25) is 9.59 Å². The lowest BCUT2D eigenvalue weighted by atomic mass is 10.1. The Balaban J connectivity index is 1.78. The maximum atomic E-state index is 13.3. The Bertz CT molecular complexity index is 899. The molecule has 3 rings (SSSR count). The van der Waals surface area contributed by atoms with Gasteiger partial charge in [0, 0.05) is 23.6 Å². The summed E-state index contributed by atoms with van der Waals surface area (Å²) in [7, 11) is 0. The standard InChI is InChI=1S/C19H16ClF3N2O2/c1-10(26)24-11-6-7-17(15(8-11)19(21,22)23)25-18(27)14-9-13(14)12-4-2-3-5-16(12)20/h2-8,13-14H,9H2,1H3,(H,24,26)(H,25,27). The van der Waals surface area contributed by atoms with E-state index < -0.39 is 29.5 Å². The summed E-state index contributed by atoms with van der Waals surface area (Å²) in [5.41, 5.74) is -0.534. The van der Waals surface area contributed by atoms with E-state index in [4.69, 9.17) is 11.6 Å². The van der Waals surface area contributed by atoms with E-state index >= 15 is 0 Å². The van der Waals surface area contributed by atoms with Crippen molar-refractivity contribution >= 4 is 34.8 Å². The zero-order chi connectivity index (χ0) is 19.8. The highest BCUT2D eigenvalue weighted by Gasteiger charge is 2.45. The molecule has 0 spiro atoms. The molecule has 0 aliphatic heterocycles. The van der Waals surface area contributed by atoms with Crippen molar-refractivity contribution in [3.8, 4) is 0 Å². The Morgan fingerprint density at radius 3 is 2.44 bits per heavy atom. The van der Waals surface area contributed by atoms with Gasteiger partial charge >= 0.3 is 6.18 Å². The van der Waals surface area contributed by atoms with Crippen molar-refractivity contribution in [1.82, 2.24) is 0 Å². The molecule has 0 bridgehead atoms. The van der Waals surface area contributed by atoms with Crippen LogP contribution >= 0.6 is 11.6 Å². The van der Waals surface area contributed by atoms with E-state index in [0.717, 1.165) is 17.7 Å². The Hall–Kier alpha value is -2.54. The van der Waals surface area contributed by atoms with E-state index in [9.17, 15) is 22.8 Å². The molecule has 0 radical (unpaired) electrons. The fraction of sp³-hybridized carbons (Fsp3) is 0.263. The number of benzene rings is 2. The van der Waals surface area contributed by atoms with Gasteiger partial charge in [-0.1, -0.05) is 29.8 Å². The molecule has 2 aromatic rings. The molecule has 2 aromatic carbocycles. The van der Waals surface area contributed by atoms with Crippen molar-refractivity contribution in [3.05, 3.63) is 58.6 Å². The molecular weight excluding hydrogens is 381 g/mol. The normalized spacial score (nSPS) is 18.7. The molecule has 2 amide bonds. The minimum atomic E-state index is -4.68. The summed E-state index contributed by atoms with van der Waals surface area (Å²) < 4.78 is 40.0. The zero-order valence-electron chi connectivity index (χ0n) is 14.2. The third-order valence-electron chi connectivity index (χ3n) is 4.34. The number of carbonyl (C=O) groups excluding carboxylic acids is 2. The highest BCUT2D eigenvalue weighted by atomic mass is 35.5. The second kappa shape index (κ2) is 7.23. The summed E-state index contributed by atoms with van der Waals surface area (Å²) in [5.74, 6) is -1.51. The molecule has 2 atom stereocenters. The summed E-state index contributed by atoms with van der Waals surface area (Å²) in [5, 5.41) is 5.20. The van der Waals surface area contributed by atoms with Crippen molar-refractivity contribution in [2.24, 2.45) is 5.92 Å². The maximum absolute atomic E-state index is 13.3. The molecule has 0 heterocycles. The van der Waals surface area contributed by atoms with Gasteiger partial charge < -0.3 is 10.6 Å². The number of carbonyl (C=O) groups is 2. The molecule has 2 N–H and O–H groups in total. The molecule has 1 saturated carbocycles. The lowest BCUT2D eigenvalue weighted by molar-refractivity contribution is -0.137. The van der Waals surface area contributed by atoms with Crippen molar-refractivity contribution in [3.63, 3.8) is 0 Å². The van der Waals surface area contributed by atoms with Crippen LogP contribution in [0.25, 0.3) is 0 Å². The molecule has 142 valence electrons. The van der Waals surface area contributed by atoms with Crippen molar-refractivity contribution in [2.45, 2.75) is 25.4 Å². The number of halogens is 4. The highest BCUT2D eigenvalue weighted by molar-refractivity contribution is 6.31. The minimum absolute atomic E-state index is 0.00758. The van der Waals surface area contributed by atoms with Crippen LogP contribution in [0.1, 0.15) is 30.4 Å². The quantitative estimate of drug-likeness (QED) is 0.759. The van der Waals surface area contributed by atoms with Crippen LogP contribution in [-0.4, -0.2) is 11.8 Å². The van der Waals surface area contributed by atoms with E-state index in [1.807, 2.05) is 6.07 Å². The average molecular weight is 397 g/mol. The van der Waals surface area contributed by atoms with E-state index in [1.54, 1.807) is 18.2 Å². The fourth-order valence-electron chi connectivity index (χ4n) is 3.00. The first-order chi connectivity index (χ1) is 12.7. The fourth-order valence-corrected chi connectivity index (χ4v) is 3.27. The predicted octanol–water partition coefficient (Wildman–Crippen LogP) is 5.06. The Kier molecular flexibility index (Phi) is 5.15. The van der Waals surface area contributed by atoms with Crippen LogP contribution in [0.4, 0.5) is 24.5 Å². The molecule has 1 fully saturated rings. The number of hydrogen-bond donors (Lipinski definition) is 2. The van der Waals surface area contributed by atoms with Crippen LogP contribution in [-0.2, 0) is 15.8 Å². The van der Waals surface area contributed by atoms with Crippen LogP contribution in [0.15, 0.2) is 42.5 Å². The van der Waals surface area contributed by atoms with E-state index in [1.165, 1.54) is 13.0 Å². The molecule has 4 nitrogen and oxygen atoms in total. The maximum Gasteiger partial charge on any atom is 0.418 e. The molecule has 1 aliphatic rings. The first-order valence-corrected chi connectivity index (χ1v) is 8.58. The lowest BCUT2D eigenvalue weighted by Gasteiger charge is -2.15. The molecule has 27 heavy (non-hydrogen) atoms. The van der Waals surface area contributed by atoms with E-state index in [2.05, 4.69) is 10.6 Å². The van der Waals surface area contributed by atoms with Gasteiger partial charge in [-0.25, -0.2) is 0 Å². The number of amides is 2. The Labute approximate surface area is 158 Å². The molecule has 1 aliphatic carbocycles. The van der Waals surface area contributed by atoms with Gasteiger partial charge in [-0.05, 0) is 42.2 Å². The monoisotopic (exact) mass is 396 g/mol. The van der Waals surface area contributed by atoms with E-state index in [-0.39, 0.29) is 17.3 Å². The number of alkyl halides is 3. The summed E-state index contributed by atoms with van der Waals surface area (Å²) in [6.07, 6.45) is -4.15. The van der Waals surface area contributed by atoms with Crippen molar-refractivity contribution < 1.29 is 22.8 Å². The van der Waals surface area contributed by atoms with Crippen LogP contribution < -0.4 is 10.6 Å². The van der Waals surface area contributed by atoms with Crippen LogP contribution in [0.5, 0.6) is 0 Å². The van der Waals surface area contributed by atoms with Crippen molar-refractivity contribution in [2.75, 3.05) is 10.6 Å². The number of rotatable bonds is 4. The first kappa shape index (κ1) is 19.2. The van der Waals surface area contributed by atoms with Gasteiger partial charge in [0.05, 0.1) is 11.3 Å². The number of nitrogens with one attached hydrogen (secondary N) is 2. The summed E-state index contributed by atoms with van der Waals surface area (Å²) in [6.45, 7) is 1.20. The SMILES string of the molecule is CC(=O)Nc1ccc(NC(=O)C2CC2c2ccccc2Cl)c(C(F)(F)F)c1. The summed E-state index contributed by atoms with van der Waals surface area (Å²) in [6, 6.07) is 10.3. The van der Waals surface area contributed by atoms with Gasteiger partial charge in [-0.2, -0.15) is 13.2 Å². The molecule has 0 aromatic heterocycles. The van der Waals surface area contributed by atoms with E-state index in [0.29, 0.717) is 11.4 Å². The van der Waals surface area contributed by atoms with Gasteiger partial charge in [0.15, 0.2) is 0 Å². The largest absolute Gasteiger partial charge is 0.418 e. The predicted molar refractivity (Wildman–Crippen MR) is 96.7 cm³/mol. The summed E-state index contributed by atoms with van der Waals surface area (Å²) >= 11 is 6.12.